The number of ether oxygens (including phenoxy) is 1. The summed E-state index contributed by atoms with van der Waals surface area (Å²) in [5, 5.41) is 4.56. The highest BCUT2D eigenvalue weighted by molar-refractivity contribution is 9.09. The molecule has 0 bridgehead atoms. The first-order chi connectivity index (χ1) is 6.70. The van der Waals surface area contributed by atoms with Crippen molar-refractivity contribution < 1.29 is 4.74 Å². The molecule has 0 aromatic rings. The minimum Gasteiger partial charge on any atom is -0.380 e. The van der Waals surface area contributed by atoms with Crippen molar-refractivity contribution in [3.63, 3.8) is 0 Å². The molecule has 0 aliphatic carbocycles. The lowest BCUT2D eigenvalue weighted by Crippen LogP contribution is -2.32. The fourth-order valence-corrected chi connectivity index (χ4v) is 1.79. The quantitative estimate of drug-likeness (QED) is 0.512. The number of hydrogen-bond donors (Lipinski definition) is 1. The minimum absolute atomic E-state index is 0.636. The van der Waals surface area contributed by atoms with E-state index < -0.39 is 0 Å². The highest BCUT2D eigenvalue weighted by atomic mass is 79.9. The normalized spacial score (nSPS) is 13.5. The molecule has 2 nitrogen and oxygen atoms in total. The lowest BCUT2D eigenvalue weighted by Gasteiger charge is -2.15. The van der Waals surface area contributed by atoms with Crippen molar-refractivity contribution in [3.05, 3.63) is 0 Å². The van der Waals surface area contributed by atoms with E-state index in [1.165, 1.54) is 12.8 Å². The maximum atomic E-state index is 5.49. The van der Waals surface area contributed by atoms with Gasteiger partial charge in [-0.25, -0.2) is 0 Å². The van der Waals surface area contributed by atoms with Gasteiger partial charge in [-0.1, -0.05) is 36.7 Å². The topological polar surface area (TPSA) is 21.3 Å². The van der Waals surface area contributed by atoms with E-state index in [-0.39, 0.29) is 0 Å². The van der Waals surface area contributed by atoms with Crippen LogP contribution in [0.1, 0.15) is 33.6 Å². The van der Waals surface area contributed by atoms with Gasteiger partial charge in [0.2, 0.25) is 0 Å². The Kier molecular flexibility index (Phi) is 10.2. The van der Waals surface area contributed by atoms with Crippen LogP contribution in [-0.2, 0) is 4.74 Å². The van der Waals surface area contributed by atoms with Crippen molar-refractivity contribution in [2.45, 2.75) is 39.7 Å². The van der Waals surface area contributed by atoms with Gasteiger partial charge in [-0.15, -0.1) is 0 Å². The van der Waals surface area contributed by atoms with Gasteiger partial charge >= 0.3 is 0 Å². The second-order valence-electron chi connectivity index (χ2n) is 4.01. The molecule has 0 aromatic heterocycles. The molecule has 0 aliphatic rings. The maximum Gasteiger partial charge on any atom is 0.0591 e. The Morgan fingerprint density at radius 1 is 1.36 bits per heavy atom. The number of nitrogens with one attached hydrogen (secondary N) is 1. The molecule has 0 aliphatic heterocycles. The Balaban J connectivity index is 3.24. The minimum atomic E-state index is 0.636. The van der Waals surface area contributed by atoms with Crippen LogP contribution in [0, 0.1) is 5.92 Å². The summed E-state index contributed by atoms with van der Waals surface area (Å²) in [7, 11) is 0. The molecule has 0 fully saturated rings. The van der Waals surface area contributed by atoms with Gasteiger partial charge < -0.3 is 10.1 Å². The lowest BCUT2D eigenvalue weighted by molar-refractivity contribution is 0.110. The molecule has 0 spiro atoms. The van der Waals surface area contributed by atoms with Gasteiger partial charge in [-0.2, -0.15) is 0 Å². The van der Waals surface area contributed by atoms with Gasteiger partial charge in [0, 0.05) is 24.5 Å². The number of halogens is 1. The molecule has 0 heterocycles. The van der Waals surface area contributed by atoms with Gasteiger partial charge in [0.05, 0.1) is 6.61 Å². The second-order valence-corrected chi connectivity index (χ2v) is 4.80. The highest BCUT2D eigenvalue weighted by Crippen LogP contribution is 2.00. The third-order valence-electron chi connectivity index (χ3n) is 2.08. The van der Waals surface area contributed by atoms with E-state index in [9.17, 15) is 0 Å². The molecule has 0 saturated carbocycles. The first-order valence-corrected chi connectivity index (χ1v) is 6.69. The number of rotatable bonds is 9. The van der Waals surface area contributed by atoms with Crippen LogP contribution in [0.2, 0.25) is 0 Å². The Hall–Kier alpha value is 0.400. The molecular formula is C11H24BrNO. The average molecular weight is 266 g/mol. The van der Waals surface area contributed by atoms with E-state index in [4.69, 9.17) is 4.74 Å². The molecule has 14 heavy (non-hydrogen) atoms. The van der Waals surface area contributed by atoms with Gasteiger partial charge in [0.25, 0.3) is 0 Å². The summed E-state index contributed by atoms with van der Waals surface area (Å²) in [5.41, 5.74) is 0. The lowest BCUT2D eigenvalue weighted by atomic mass is 10.2. The molecule has 1 unspecified atom stereocenters. The molecule has 0 aromatic carbocycles. The summed E-state index contributed by atoms with van der Waals surface area (Å²) in [6.45, 7) is 9.24. The molecule has 1 N–H and O–H groups in total. The first kappa shape index (κ1) is 14.4. The van der Waals surface area contributed by atoms with E-state index >= 15 is 0 Å². The molecular weight excluding hydrogens is 242 g/mol. The molecule has 1 atom stereocenters. The predicted molar refractivity (Wildman–Crippen MR) is 66.1 cm³/mol. The molecule has 0 rings (SSSR count). The summed E-state index contributed by atoms with van der Waals surface area (Å²) in [4.78, 5) is 0. The van der Waals surface area contributed by atoms with Gasteiger partial charge in [0.15, 0.2) is 0 Å². The standard InChI is InChI=1S/C11H24BrNO/c1-4-11(5-6-12)13-7-8-14-9-10(2)3/h10-11,13H,4-9H2,1-3H3. The third kappa shape index (κ3) is 8.97. The zero-order valence-corrected chi connectivity index (χ0v) is 11.3. The smallest absolute Gasteiger partial charge is 0.0591 e. The molecule has 3 heteroatoms. The summed E-state index contributed by atoms with van der Waals surface area (Å²) in [6, 6.07) is 0.636. The second kappa shape index (κ2) is 9.94. The summed E-state index contributed by atoms with van der Waals surface area (Å²) in [5.74, 6) is 0.638. The Morgan fingerprint density at radius 3 is 2.57 bits per heavy atom. The van der Waals surface area contributed by atoms with E-state index in [1.54, 1.807) is 0 Å². The maximum absolute atomic E-state index is 5.49. The zero-order chi connectivity index (χ0) is 10.8. The van der Waals surface area contributed by atoms with E-state index in [1.807, 2.05) is 0 Å². The Bertz CT molecular complexity index is 120. The average Bonchev–Trinajstić information content (AvgIpc) is 2.15. The van der Waals surface area contributed by atoms with Crippen LogP contribution in [-0.4, -0.2) is 31.1 Å². The van der Waals surface area contributed by atoms with Crippen LogP contribution in [0.5, 0.6) is 0 Å². The third-order valence-corrected chi connectivity index (χ3v) is 2.54. The Morgan fingerprint density at radius 2 is 2.07 bits per heavy atom. The van der Waals surface area contributed by atoms with Crippen molar-refractivity contribution in [1.29, 1.82) is 0 Å². The summed E-state index contributed by atoms with van der Waals surface area (Å²) >= 11 is 3.46. The molecule has 0 amide bonds. The van der Waals surface area contributed by atoms with Gasteiger partial charge in [-0.3, -0.25) is 0 Å². The molecule has 86 valence electrons. The largest absolute Gasteiger partial charge is 0.380 e. The molecule has 0 saturated heterocycles. The van der Waals surface area contributed by atoms with Crippen molar-refractivity contribution >= 4 is 15.9 Å². The highest BCUT2D eigenvalue weighted by Gasteiger charge is 2.03. The number of hydrogen-bond acceptors (Lipinski definition) is 2. The van der Waals surface area contributed by atoms with Crippen molar-refractivity contribution in [2.75, 3.05) is 25.1 Å². The van der Waals surface area contributed by atoms with E-state index in [2.05, 4.69) is 42.0 Å². The van der Waals surface area contributed by atoms with Crippen LogP contribution >= 0.6 is 15.9 Å². The molecule has 0 radical (unpaired) electrons. The van der Waals surface area contributed by atoms with E-state index in [0.29, 0.717) is 12.0 Å². The van der Waals surface area contributed by atoms with Crippen LogP contribution < -0.4 is 5.32 Å². The van der Waals surface area contributed by atoms with E-state index in [0.717, 1.165) is 25.1 Å². The van der Waals surface area contributed by atoms with Crippen molar-refractivity contribution in [3.8, 4) is 0 Å². The summed E-state index contributed by atoms with van der Waals surface area (Å²) in [6.07, 6.45) is 2.39. The van der Waals surface area contributed by atoms with Crippen molar-refractivity contribution in [1.82, 2.24) is 5.32 Å². The van der Waals surface area contributed by atoms with Gasteiger partial charge in [0.1, 0.15) is 0 Å². The fourth-order valence-electron chi connectivity index (χ4n) is 1.24. The monoisotopic (exact) mass is 265 g/mol. The van der Waals surface area contributed by atoms with Crippen LogP contribution in [0.3, 0.4) is 0 Å². The Labute approximate surface area is 96.9 Å². The van der Waals surface area contributed by atoms with Crippen LogP contribution in [0.25, 0.3) is 0 Å². The summed E-state index contributed by atoms with van der Waals surface area (Å²) < 4.78 is 5.49. The van der Waals surface area contributed by atoms with Gasteiger partial charge in [-0.05, 0) is 18.8 Å². The SMILES string of the molecule is CCC(CCBr)NCCOCC(C)C. The fraction of sp³-hybridized carbons (Fsp3) is 1.00. The zero-order valence-electron chi connectivity index (χ0n) is 9.68. The first-order valence-electron chi connectivity index (χ1n) is 5.57. The predicted octanol–water partition coefficient (Wildman–Crippen LogP) is 2.81. The van der Waals surface area contributed by atoms with Crippen molar-refractivity contribution in [2.24, 2.45) is 5.92 Å². The number of alkyl halides is 1. The van der Waals surface area contributed by atoms with Crippen LogP contribution in [0.4, 0.5) is 0 Å². The van der Waals surface area contributed by atoms with Crippen LogP contribution in [0.15, 0.2) is 0 Å².